The molecular weight excluding hydrogens is 170 g/mol. The first kappa shape index (κ1) is 8.16. The predicted molar refractivity (Wildman–Crippen MR) is 37.4 cm³/mol. The topological polar surface area (TPSA) is 68.1 Å². The number of aliphatic hydroxyl groups is 1. The number of aromatic nitrogens is 3. The van der Waals surface area contributed by atoms with E-state index in [1.165, 1.54) is 6.33 Å². The normalized spacial score (nSPS) is 9.64. The zero-order valence-corrected chi connectivity index (χ0v) is 6.32. The van der Waals surface area contributed by atoms with Crippen LogP contribution >= 0.6 is 11.6 Å². The highest BCUT2D eigenvalue weighted by molar-refractivity contribution is 6.28. The molecule has 0 aromatic carbocycles. The van der Waals surface area contributed by atoms with Crippen molar-refractivity contribution in [3.63, 3.8) is 0 Å². The number of hydrogen-bond acceptors (Lipinski definition) is 5. The van der Waals surface area contributed by atoms with Crippen molar-refractivity contribution >= 4 is 11.6 Å². The van der Waals surface area contributed by atoms with Gasteiger partial charge in [-0.3, -0.25) is 0 Å². The van der Waals surface area contributed by atoms with Gasteiger partial charge in [-0.2, -0.15) is 9.97 Å². The highest BCUT2D eigenvalue weighted by Gasteiger charge is 1.97. The van der Waals surface area contributed by atoms with E-state index in [0.717, 1.165) is 0 Å². The summed E-state index contributed by atoms with van der Waals surface area (Å²) in [6.45, 7) is 0.0731. The zero-order chi connectivity index (χ0) is 8.10. The van der Waals surface area contributed by atoms with Gasteiger partial charge in [0.1, 0.15) is 12.9 Å². The van der Waals surface area contributed by atoms with E-state index in [9.17, 15) is 0 Å². The van der Waals surface area contributed by atoms with Crippen LogP contribution < -0.4 is 4.74 Å². The van der Waals surface area contributed by atoms with Gasteiger partial charge < -0.3 is 9.84 Å². The summed E-state index contributed by atoms with van der Waals surface area (Å²) < 4.78 is 4.84. The van der Waals surface area contributed by atoms with E-state index < -0.39 is 0 Å². The molecule has 1 heterocycles. The third-order valence-corrected chi connectivity index (χ3v) is 1.02. The van der Waals surface area contributed by atoms with Crippen LogP contribution in [0.5, 0.6) is 6.01 Å². The Hall–Kier alpha value is -0.940. The fraction of sp³-hybridized carbons (Fsp3) is 0.400. The summed E-state index contributed by atoms with van der Waals surface area (Å²) in [6.07, 6.45) is 1.24. The minimum Gasteiger partial charge on any atom is -0.461 e. The van der Waals surface area contributed by atoms with Gasteiger partial charge in [0.05, 0.1) is 6.61 Å². The van der Waals surface area contributed by atoms with Crippen LogP contribution in [0.25, 0.3) is 0 Å². The third-order valence-electron chi connectivity index (χ3n) is 0.843. The maximum absolute atomic E-state index is 8.37. The minimum absolute atomic E-state index is 0.0768. The van der Waals surface area contributed by atoms with Crippen LogP contribution in [0.3, 0.4) is 0 Å². The second-order valence-electron chi connectivity index (χ2n) is 1.61. The van der Waals surface area contributed by atoms with E-state index in [4.69, 9.17) is 21.4 Å². The van der Waals surface area contributed by atoms with Crippen LogP contribution in [-0.4, -0.2) is 33.3 Å². The van der Waals surface area contributed by atoms with Gasteiger partial charge in [-0.15, -0.1) is 0 Å². The largest absolute Gasteiger partial charge is 0.461 e. The van der Waals surface area contributed by atoms with Gasteiger partial charge in [-0.25, -0.2) is 4.98 Å². The molecule has 0 saturated carbocycles. The first-order valence-corrected chi connectivity index (χ1v) is 3.29. The SMILES string of the molecule is OCCOc1ncnc(Cl)n1. The average molecular weight is 176 g/mol. The molecule has 6 heteroatoms. The molecule has 0 radical (unpaired) electrons. The van der Waals surface area contributed by atoms with E-state index in [2.05, 4.69) is 15.0 Å². The van der Waals surface area contributed by atoms with Crippen molar-refractivity contribution in [2.75, 3.05) is 13.2 Å². The van der Waals surface area contributed by atoms with Crippen molar-refractivity contribution < 1.29 is 9.84 Å². The summed E-state index contributed by atoms with van der Waals surface area (Å²) in [5.74, 6) is 0. The van der Waals surface area contributed by atoms with Crippen molar-refractivity contribution in [2.45, 2.75) is 0 Å². The van der Waals surface area contributed by atoms with Crippen molar-refractivity contribution in [2.24, 2.45) is 0 Å². The molecule has 0 spiro atoms. The molecule has 0 bridgehead atoms. The molecule has 1 N–H and O–H groups in total. The first-order chi connectivity index (χ1) is 5.33. The van der Waals surface area contributed by atoms with Gasteiger partial charge >= 0.3 is 6.01 Å². The summed E-state index contributed by atoms with van der Waals surface area (Å²) in [5.41, 5.74) is 0. The van der Waals surface area contributed by atoms with Crippen LogP contribution in [0, 0.1) is 0 Å². The van der Waals surface area contributed by atoms with Crippen LogP contribution in [0.4, 0.5) is 0 Å². The van der Waals surface area contributed by atoms with Gasteiger partial charge in [0.25, 0.3) is 0 Å². The minimum atomic E-state index is -0.0801. The molecule has 11 heavy (non-hydrogen) atoms. The standard InChI is InChI=1S/C5H6ClN3O2/c6-4-7-3-8-5(9-4)11-2-1-10/h3,10H,1-2H2. The fourth-order valence-corrected chi connectivity index (χ4v) is 0.585. The molecule has 0 saturated heterocycles. The van der Waals surface area contributed by atoms with E-state index in [1.807, 2.05) is 0 Å². The second-order valence-corrected chi connectivity index (χ2v) is 1.95. The lowest BCUT2D eigenvalue weighted by Gasteiger charge is -1.99. The van der Waals surface area contributed by atoms with Crippen molar-refractivity contribution in [1.82, 2.24) is 15.0 Å². The summed E-state index contributed by atoms with van der Waals surface area (Å²) in [4.78, 5) is 10.8. The molecule has 1 aromatic rings. The van der Waals surface area contributed by atoms with Crippen molar-refractivity contribution in [1.29, 1.82) is 0 Å². The molecule has 0 aliphatic heterocycles. The van der Waals surface area contributed by atoms with E-state index in [-0.39, 0.29) is 24.5 Å². The molecule has 5 nitrogen and oxygen atoms in total. The van der Waals surface area contributed by atoms with E-state index >= 15 is 0 Å². The summed E-state index contributed by atoms with van der Waals surface area (Å²) >= 11 is 5.42. The smallest absolute Gasteiger partial charge is 0.320 e. The number of rotatable bonds is 3. The number of halogens is 1. The Kier molecular flexibility index (Phi) is 3.00. The highest BCUT2D eigenvalue weighted by atomic mass is 35.5. The highest BCUT2D eigenvalue weighted by Crippen LogP contribution is 2.03. The van der Waals surface area contributed by atoms with E-state index in [1.54, 1.807) is 0 Å². The van der Waals surface area contributed by atoms with Gasteiger partial charge in [0.2, 0.25) is 5.28 Å². The lowest BCUT2D eigenvalue weighted by atomic mass is 10.8. The number of aliphatic hydroxyl groups excluding tert-OH is 1. The number of nitrogens with zero attached hydrogens (tertiary/aromatic N) is 3. The van der Waals surface area contributed by atoms with Crippen molar-refractivity contribution in [3.05, 3.63) is 11.6 Å². The Bertz CT molecular complexity index is 233. The second kappa shape index (κ2) is 4.05. The Morgan fingerprint density at radius 2 is 2.36 bits per heavy atom. The lowest BCUT2D eigenvalue weighted by Crippen LogP contribution is -2.04. The molecule has 0 aliphatic rings. The molecule has 1 aromatic heterocycles. The Morgan fingerprint density at radius 1 is 1.55 bits per heavy atom. The van der Waals surface area contributed by atoms with Gasteiger partial charge in [0, 0.05) is 0 Å². The van der Waals surface area contributed by atoms with Crippen LogP contribution in [0.15, 0.2) is 6.33 Å². The quantitative estimate of drug-likeness (QED) is 0.695. The number of ether oxygens (including phenoxy) is 1. The van der Waals surface area contributed by atoms with Gasteiger partial charge in [-0.1, -0.05) is 0 Å². The molecule has 0 aliphatic carbocycles. The summed E-state index contributed by atoms with van der Waals surface area (Å²) in [6, 6.07) is 0.124. The zero-order valence-electron chi connectivity index (χ0n) is 5.57. The molecule has 1 rings (SSSR count). The molecule has 0 amide bonds. The van der Waals surface area contributed by atoms with Crippen LogP contribution in [-0.2, 0) is 0 Å². The Morgan fingerprint density at radius 3 is 3.00 bits per heavy atom. The van der Waals surface area contributed by atoms with Crippen LogP contribution in [0.2, 0.25) is 5.28 Å². The molecule has 0 atom stereocenters. The molecular formula is C5H6ClN3O2. The summed E-state index contributed by atoms with van der Waals surface area (Å²) in [5, 5.41) is 8.44. The monoisotopic (exact) mass is 175 g/mol. The predicted octanol–water partition coefficient (Wildman–Crippen LogP) is -0.104. The van der Waals surface area contributed by atoms with Gasteiger partial charge in [0.15, 0.2) is 0 Å². The maximum Gasteiger partial charge on any atom is 0.320 e. The van der Waals surface area contributed by atoms with Crippen molar-refractivity contribution in [3.8, 4) is 6.01 Å². The first-order valence-electron chi connectivity index (χ1n) is 2.91. The lowest BCUT2D eigenvalue weighted by molar-refractivity contribution is 0.191. The van der Waals surface area contributed by atoms with E-state index in [0.29, 0.717) is 0 Å². The summed E-state index contributed by atoms with van der Waals surface area (Å²) in [7, 11) is 0. The van der Waals surface area contributed by atoms with Crippen LogP contribution in [0.1, 0.15) is 0 Å². The van der Waals surface area contributed by atoms with Gasteiger partial charge in [-0.05, 0) is 11.6 Å². The number of hydrogen-bond donors (Lipinski definition) is 1. The average Bonchev–Trinajstić information content (AvgIpc) is 2.01. The molecule has 60 valence electrons. The fourth-order valence-electron chi connectivity index (χ4n) is 0.469. The maximum atomic E-state index is 8.37. The Labute approximate surface area is 68.0 Å². The molecule has 0 unspecified atom stereocenters. The third kappa shape index (κ3) is 2.65. The molecule has 0 fully saturated rings. The Balaban J connectivity index is 2.56.